The third-order valence-electron chi connectivity index (χ3n) is 4.13. The molecule has 0 aliphatic carbocycles. The van der Waals surface area contributed by atoms with Gasteiger partial charge in [0.25, 0.3) is 0 Å². The summed E-state index contributed by atoms with van der Waals surface area (Å²) < 4.78 is 5.18. The molecule has 2 heterocycles. The van der Waals surface area contributed by atoms with Gasteiger partial charge in [-0.05, 0) is 37.6 Å². The highest BCUT2D eigenvalue weighted by Crippen LogP contribution is 2.31. The lowest BCUT2D eigenvalue weighted by atomic mass is 9.83. The molecule has 0 bridgehead atoms. The van der Waals surface area contributed by atoms with Crippen LogP contribution in [0.15, 0.2) is 35.1 Å². The minimum absolute atomic E-state index is 0.0673. The SMILES string of the molecule is CCC1(C(=O)Nc2cccc(-c3nnco3)c2)CCNC1. The molecule has 1 fully saturated rings. The Kier molecular flexibility index (Phi) is 3.70. The highest BCUT2D eigenvalue weighted by Gasteiger charge is 2.39. The normalized spacial score (nSPS) is 21.4. The van der Waals surface area contributed by atoms with E-state index in [2.05, 4.69) is 27.8 Å². The molecule has 3 rings (SSSR count). The van der Waals surface area contributed by atoms with Gasteiger partial charge in [0.05, 0.1) is 5.41 Å². The number of carbonyl (C=O) groups is 1. The van der Waals surface area contributed by atoms with Crippen molar-refractivity contribution in [2.24, 2.45) is 5.41 Å². The predicted molar refractivity (Wildman–Crippen MR) is 78.6 cm³/mol. The summed E-state index contributed by atoms with van der Waals surface area (Å²) in [6.07, 6.45) is 2.99. The van der Waals surface area contributed by atoms with Crippen LogP contribution >= 0.6 is 0 Å². The van der Waals surface area contributed by atoms with E-state index in [4.69, 9.17) is 4.42 Å². The van der Waals surface area contributed by atoms with Crippen molar-refractivity contribution in [1.29, 1.82) is 0 Å². The van der Waals surface area contributed by atoms with Crippen molar-refractivity contribution < 1.29 is 9.21 Å². The van der Waals surface area contributed by atoms with Crippen LogP contribution in [0.4, 0.5) is 5.69 Å². The molecule has 0 saturated carbocycles. The van der Waals surface area contributed by atoms with Gasteiger partial charge in [0.1, 0.15) is 0 Å². The van der Waals surface area contributed by atoms with E-state index in [-0.39, 0.29) is 11.3 Å². The topological polar surface area (TPSA) is 80.1 Å². The fourth-order valence-corrected chi connectivity index (χ4v) is 2.69. The smallest absolute Gasteiger partial charge is 0.247 e. The van der Waals surface area contributed by atoms with Crippen LogP contribution in [0.1, 0.15) is 19.8 Å². The van der Waals surface area contributed by atoms with E-state index in [0.29, 0.717) is 5.89 Å². The lowest BCUT2D eigenvalue weighted by Crippen LogP contribution is -2.37. The van der Waals surface area contributed by atoms with E-state index < -0.39 is 0 Å². The zero-order chi connectivity index (χ0) is 14.7. The summed E-state index contributed by atoms with van der Waals surface area (Å²) in [5.74, 6) is 0.511. The molecule has 2 N–H and O–H groups in total. The van der Waals surface area contributed by atoms with Crippen LogP contribution in [0.2, 0.25) is 0 Å². The second-order valence-corrected chi connectivity index (χ2v) is 5.34. The van der Waals surface area contributed by atoms with E-state index >= 15 is 0 Å². The second-order valence-electron chi connectivity index (χ2n) is 5.34. The number of amides is 1. The molecular formula is C15H18N4O2. The minimum Gasteiger partial charge on any atom is -0.423 e. The Balaban J connectivity index is 1.79. The monoisotopic (exact) mass is 286 g/mol. The Labute approximate surface area is 123 Å². The molecule has 1 amide bonds. The highest BCUT2D eigenvalue weighted by molar-refractivity contribution is 5.96. The summed E-state index contributed by atoms with van der Waals surface area (Å²) >= 11 is 0. The van der Waals surface area contributed by atoms with Gasteiger partial charge < -0.3 is 15.1 Å². The van der Waals surface area contributed by atoms with Crippen LogP contribution in [-0.4, -0.2) is 29.2 Å². The molecule has 1 saturated heterocycles. The maximum atomic E-state index is 12.6. The third kappa shape index (κ3) is 2.67. The summed E-state index contributed by atoms with van der Waals surface area (Å²) in [6, 6.07) is 7.44. The standard InChI is InChI=1S/C15H18N4O2/c1-2-15(6-7-16-9-15)14(20)18-12-5-3-4-11(8-12)13-19-17-10-21-13/h3-5,8,10,16H,2,6-7,9H2,1H3,(H,18,20). The van der Waals surface area contributed by atoms with Crippen LogP contribution in [-0.2, 0) is 4.79 Å². The summed E-state index contributed by atoms with van der Waals surface area (Å²) in [7, 11) is 0. The predicted octanol–water partition coefficient (Wildman–Crippen LogP) is 2.06. The number of carbonyl (C=O) groups excluding carboxylic acids is 1. The Morgan fingerprint density at radius 3 is 3.10 bits per heavy atom. The van der Waals surface area contributed by atoms with Gasteiger partial charge in [-0.1, -0.05) is 13.0 Å². The molecule has 110 valence electrons. The van der Waals surface area contributed by atoms with Crippen molar-refractivity contribution in [3.63, 3.8) is 0 Å². The zero-order valence-corrected chi connectivity index (χ0v) is 11.9. The van der Waals surface area contributed by atoms with Crippen LogP contribution in [0.25, 0.3) is 11.5 Å². The Morgan fingerprint density at radius 1 is 1.52 bits per heavy atom. The maximum absolute atomic E-state index is 12.6. The van der Waals surface area contributed by atoms with Gasteiger partial charge >= 0.3 is 0 Å². The summed E-state index contributed by atoms with van der Waals surface area (Å²) in [4.78, 5) is 12.6. The summed E-state index contributed by atoms with van der Waals surface area (Å²) in [5.41, 5.74) is 1.23. The molecule has 1 unspecified atom stereocenters. The van der Waals surface area contributed by atoms with Crippen molar-refractivity contribution in [3.05, 3.63) is 30.7 Å². The van der Waals surface area contributed by atoms with E-state index in [1.165, 1.54) is 6.39 Å². The Bertz CT molecular complexity index is 618. The Hall–Kier alpha value is -2.21. The van der Waals surface area contributed by atoms with E-state index in [1.54, 1.807) is 0 Å². The first-order valence-corrected chi connectivity index (χ1v) is 7.12. The van der Waals surface area contributed by atoms with Crippen LogP contribution in [0, 0.1) is 5.41 Å². The first-order valence-electron chi connectivity index (χ1n) is 7.12. The largest absolute Gasteiger partial charge is 0.423 e. The number of aromatic nitrogens is 2. The van der Waals surface area contributed by atoms with Crippen molar-refractivity contribution in [1.82, 2.24) is 15.5 Å². The van der Waals surface area contributed by atoms with Crippen molar-refractivity contribution in [2.75, 3.05) is 18.4 Å². The molecule has 6 heteroatoms. The quantitative estimate of drug-likeness (QED) is 0.899. The first kappa shape index (κ1) is 13.8. The van der Waals surface area contributed by atoms with Crippen LogP contribution in [0.3, 0.4) is 0 Å². The van der Waals surface area contributed by atoms with Gasteiger partial charge in [-0.15, -0.1) is 10.2 Å². The van der Waals surface area contributed by atoms with Gasteiger partial charge in [0.2, 0.25) is 18.2 Å². The number of nitrogens with one attached hydrogen (secondary N) is 2. The average molecular weight is 286 g/mol. The molecular weight excluding hydrogens is 268 g/mol. The van der Waals surface area contributed by atoms with Gasteiger partial charge in [-0.25, -0.2) is 0 Å². The van der Waals surface area contributed by atoms with Crippen molar-refractivity contribution >= 4 is 11.6 Å². The number of hydrogen-bond acceptors (Lipinski definition) is 5. The van der Waals surface area contributed by atoms with Gasteiger partial charge in [-0.2, -0.15) is 0 Å². The number of benzene rings is 1. The molecule has 0 radical (unpaired) electrons. The van der Waals surface area contributed by atoms with Crippen molar-refractivity contribution in [3.8, 4) is 11.5 Å². The number of rotatable bonds is 4. The van der Waals surface area contributed by atoms with Crippen LogP contribution in [0.5, 0.6) is 0 Å². The molecule has 1 aliphatic rings. The molecule has 1 aliphatic heterocycles. The Morgan fingerprint density at radius 2 is 2.43 bits per heavy atom. The van der Waals surface area contributed by atoms with E-state index in [9.17, 15) is 4.79 Å². The van der Waals surface area contributed by atoms with Gasteiger partial charge in [0.15, 0.2) is 0 Å². The summed E-state index contributed by atoms with van der Waals surface area (Å²) in [6.45, 7) is 3.68. The molecule has 1 aromatic heterocycles. The number of nitrogens with zero attached hydrogens (tertiary/aromatic N) is 2. The van der Waals surface area contributed by atoms with Gasteiger partial charge in [0, 0.05) is 17.8 Å². The number of anilines is 1. The summed E-state index contributed by atoms with van der Waals surface area (Å²) in [5, 5.41) is 13.8. The zero-order valence-electron chi connectivity index (χ0n) is 11.9. The average Bonchev–Trinajstić information content (AvgIpc) is 3.20. The number of hydrogen-bond donors (Lipinski definition) is 2. The van der Waals surface area contributed by atoms with Crippen molar-refractivity contribution in [2.45, 2.75) is 19.8 Å². The van der Waals surface area contributed by atoms with E-state index in [1.807, 2.05) is 24.3 Å². The first-order chi connectivity index (χ1) is 10.2. The molecule has 1 aromatic carbocycles. The lowest BCUT2D eigenvalue weighted by Gasteiger charge is -2.25. The minimum atomic E-state index is -0.305. The maximum Gasteiger partial charge on any atom is 0.247 e. The molecule has 6 nitrogen and oxygen atoms in total. The van der Waals surface area contributed by atoms with Gasteiger partial charge in [-0.3, -0.25) is 4.79 Å². The molecule has 21 heavy (non-hydrogen) atoms. The fraction of sp³-hybridized carbons (Fsp3) is 0.400. The highest BCUT2D eigenvalue weighted by atomic mass is 16.4. The fourth-order valence-electron chi connectivity index (χ4n) is 2.69. The lowest BCUT2D eigenvalue weighted by molar-refractivity contribution is -0.124. The molecule has 1 atom stereocenters. The van der Waals surface area contributed by atoms with Crippen LogP contribution < -0.4 is 10.6 Å². The third-order valence-corrected chi connectivity index (χ3v) is 4.13. The molecule has 2 aromatic rings. The second kappa shape index (κ2) is 5.65. The molecule has 0 spiro atoms. The van der Waals surface area contributed by atoms with E-state index in [0.717, 1.165) is 37.2 Å².